The number of hydrogen-bond donors (Lipinski definition) is 1. The number of unbranched alkanes of at least 4 members (excludes halogenated alkanes) is 6. The van der Waals surface area contributed by atoms with Gasteiger partial charge in [0.05, 0.1) is 16.4 Å². The molecule has 0 unspecified atom stereocenters. The Hall–Kier alpha value is -5.56. The van der Waals surface area contributed by atoms with Crippen LogP contribution in [0.15, 0.2) is 109 Å². The Labute approximate surface area is 379 Å². The molecule has 1 N–H and O–H groups in total. The van der Waals surface area contributed by atoms with Gasteiger partial charge in [0.25, 0.3) is 0 Å². The average Bonchev–Trinajstić information content (AvgIpc) is 4.06. The van der Waals surface area contributed by atoms with Crippen LogP contribution in [-0.2, 0) is 6.42 Å². The zero-order valence-electron chi connectivity index (χ0n) is 36.8. The number of nitrogens with zero attached hydrogens (tertiary/aromatic N) is 2. The predicted molar refractivity (Wildman–Crippen MR) is 271 cm³/mol. The lowest BCUT2D eigenvalue weighted by atomic mass is 10.0. The van der Waals surface area contributed by atoms with E-state index in [4.69, 9.17) is 0 Å². The monoisotopic (exact) mass is 852 g/mol. The molecule has 316 valence electrons. The summed E-state index contributed by atoms with van der Waals surface area (Å²) in [7, 11) is 0. The van der Waals surface area contributed by atoms with E-state index in [2.05, 4.69) is 188 Å². The third kappa shape index (κ3) is 12.5. The molecule has 0 bridgehead atoms. The first-order valence-electron chi connectivity index (χ1n) is 22.7. The van der Waals surface area contributed by atoms with Crippen molar-refractivity contribution in [3.8, 4) is 34.8 Å². The maximum atomic E-state index is 9.33. The number of benzene rings is 4. The third-order valence-electron chi connectivity index (χ3n) is 11.5. The molecule has 6 aromatic rings. The average molecular weight is 853 g/mol. The molecule has 0 fully saturated rings. The van der Waals surface area contributed by atoms with Crippen LogP contribution in [0.4, 0.5) is 11.4 Å². The number of fused-ring (bicyclic) bond motifs is 3. The van der Waals surface area contributed by atoms with E-state index < -0.39 is 0 Å². The lowest BCUT2D eigenvalue weighted by Gasteiger charge is -2.25. The summed E-state index contributed by atoms with van der Waals surface area (Å²) < 4.78 is 0. The lowest BCUT2D eigenvalue weighted by Crippen LogP contribution is -2.25. The SMILES string of the molecule is CCCCCCN(CCCCCC)c1ccc(/C=C/c2ccc(C#Cc3ccc4c(c3)Cc3cc(C#Cc5ccc(/C=C/c6ccc(N(CC)CCO)cc6)s5)ccc3-4)s2)cc1. The maximum Gasteiger partial charge on any atom is 0.0778 e. The van der Waals surface area contributed by atoms with Gasteiger partial charge in [0.2, 0.25) is 0 Å². The highest BCUT2D eigenvalue weighted by Crippen LogP contribution is 2.37. The summed E-state index contributed by atoms with van der Waals surface area (Å²) in [6.45, 7) is 10.6. The molecule has 2 aromatic heterocycles. The smallest absolute Gasteiger partial charge is 0.0778 e. The van der Waals surface area contributed by atoms with Crippen molar-refractivity contribution in [3.05, 3.63) is 162 Å². The van der Waals surface area contributed by atoms with Crippen LogP contribution in [0.2, 0.25) is 0 Å². The number of likely N-dealkylation sites (N-methyl/N-ethyl adjacent to an activating group) is 1. The van der Waals surface area contributed by atoms with Gasteiger partial charge in [-0.15, -0.1) is 22.7 Å². The van der Waals surface area contributed by atoms with Gasteiger partial charge in [0, 0.05) is 58.4 Å². The highest BCUT2D eigenvalue weighted by Gasteiger charge is 2.18. The van der Waals surface area contributed by atoms with Crippen LogP contribution >= 0.6 is 22.7 Å². The Balaban J connectivity index is 0.923. The van der Waals surface area contributed by atoms with Crippen LogP contribution in [0, 0.1) is 23.7 Å². The normalized spacial score (nSPS) is 11.6. The van der Waals surface area contributed by atoms with Crippen molar-refractivity contribution < 1.29 is 5.11 Å². The summed E-state index contributed by atoms with van der Waals surface area (Å²) in [5.41, 5.74) is 12.2. The van der Waals surface area contributed by atoms with Gasteiger partial charge in [-0.2, -0.15) is 0 Å². The number of aliphatic hydroxyl groups excluding tert-OH is 1. The zero-order chi connectivity index (χ0) is 42.9. The van der Waals surface area contributed by atoms with E-state index >= 15 is 0 Å². The Morgan fingerprint density at radius 3 is 1.44 bits per heavy atom. The van der Waals surface area contributed by atoms with Crippen LogP contribution in [0.5, 0.6) is 0 Å². The van der Waals surface area contributed by atoms with Crippen LogP contribution in [0.3, 0.4) is 0 Å². The largest absolute Gasteiger partial charge is 0.395 e. The van der Waals surface area contributed by atoms with Crippen molar-refractivity contribution in [2.45, 2.75) is 78.6 Å². The molecule has 5 heteroatoms. The molecule has 0 amide bonds. The molecule has 2 heterocycles. The third-order valence-corrected chi connectivity index (χ3v) is 13.4. The van der Waals surface area contributed by atoms with Gasteiger partial charge in [-0.3, -0.25) is 0 Å². The molecule has 0 atom stereocenters. The van der Waals surface area contributed by atoms with E-state index in [0.717, 1.165) is 58.2 Å². The van der Waals surface area contributed by atoms with E-state index in [1.165, 1.54) is 94.6 Å². The minimum atomic E-state index is 0.156. The van der Waals surface area contributed by atoms with Crippen molar-refractivity contribution in [2.75, 3.05) is 42.6 Å². The highest BCUT2D eigenvalue weighted by atomic mass is 32.1. The van der Waals surface area contributed by atoms with Crippen molar-refractivity contribution in [2.24, 2.45) is 0 Å². The van der Waals surface area contributed by atoms with Crippen molar-refractivity contribution >= 4 is 58.4 Å². The van der Waals surface area contributed by atoms with Crippen molar-refractivity contribution in [3.63, 3.8) is 0 Å². The van der Waals surface area contributed by atoms with Crippen molar-refractivity contribution in [1.82, 2.24) is 0 Å². The van der Waals surface area contributed by atoms with E-state index in [0.29, 0.717) is 6.54 Å². The summed E-state index contributed by atoms with van der Waals surface area (Å²) in [4.78, 5) is 9.28. The summed E-state index contributed by atoms with van der Waals surface area (Å²) in [6.07, 6.45) is 20.0. The topological polar surface area (TPSA) is 26.7 Å². The summed E-state index contributed by atoms with van der Waals surface area (Å²) >= 11 is 3.44. The highest BCUT2D eigenvalue weighted by molar-refractivity contribution is 7.13. The van der Waals surface area contributed by atoms with E-state index in [-0.39, 0.29) is 6.61 Å². The minimum Gasteiger partial charge on any atom is -0.395 e. The van der Waals surface area contributed by atoms with Gasteiger partial charge in [0.1, 0.15) is 0 Å². The van der Waals surface area contributed by atoms with Crippen LogP contribution < -0.4 is 9.80 Å². The van der Waals surface area contributed by atoms with Crippen molar-refractivity contribution in [1.29, 1.82) is 0 Å². The molecule has 1 aliphatic rings. The molecule has 7 rings (SSSR count). The molecule has 0 spiro atoms. The number of anilines is 2. The zero-order valence-corrected chi connectivity index (χ0v) is 38.4. The molecule has 3 nitrogen and oxygen atoms in total. The lowest BCUT2D eigenvalue weighted by molar-refractivity contribution is 0.302. The summed E-state index contributed by atoms with van der Waals surface area (Å²) in [5.74, 6) is 13.7. The number of aliphatic hydroxyl groups is 1. The first-order chi connectivity index (χ1) is 30.5. The molecule has 0 saturated heterocycles. The first kappa shape index (κ1) is 44.5. The second-order valence-electron chi connectivity index (χ2n) is 16.1. The quantitative estimate of drug-likeness (QED) is 0.0649. The van der Waals surface area contributed by atoms with Crippen LogP contribution in [-0.4, -0.2) is 37.9 Å². The molecule has 62 heavy (non-hydrogen) atoms. The fourth-order valence-electron chi connectivity index (χ4n) is 8.02. The second-order valence-corrected chi connectivity index (χ2v) is 18.3. The molecule has 1 aliphatic carbocycles. The maximum absolute atomic E-state index is 9.33. The van der Waals surface area contributed by atoms with Gasteiger partial charge in [-0.25, -0.2) is 0 Å². The van der Waals surface area contributed by atoms with Gasteiger partial charge in [0.15, 0.2) is 0 Å². The Morgan fingerprint density at radius 2 is 0.984 bits per heavy atom. The molecule has 0 aliphatic heterocycles. The van der Waals surface area contributed by atoms with Gasteiger partial charge >= 0.3 is 0 Å². The fourth-order valence-corrected chi connectivity index (χ4v) is 9.55. The molecule has 0 saturated carbocycles. The fraction of sp³-hybridized carbons (Fsp3) is 0.298. The van der Waals surface area contributed by atoms with Gasteiger partial charge < -0.3 is 14.9 Å². The predicted octanol–water partition coefficient (Wildman–Crippen LogP) is 14.3. The van der Waals surface area contributed by atoms with Gasteiger partial charge in [-0.05, 0) is 145 Å². The molecular weight excluding hydrogens is 793 g/mol. The molecular formula is C57H60N2OS2. The Bertz CT molecular complexity index is 2540. The van der Waals surface area contributed by atoms with Crippen LogP contribution in [0.25, 0.3) is 35.4 Å². The van der Waals surface area contributed by atoms with Crippen LogP contribution in [0.1, 0.15) is 125 Å². The minimum absolute atomic E-state index is 0.156. The second kappa shape index (κ2) is 23.0. The Morgan fingerprint density at radius 1 is 0.500 bits per heavy atom. The van der Waals surface area contributed by atoms with E-state index in [9.17, 15) is 5.11 Å². The number of rotatable bonds is 19. The van der Waals surface area contributed by atoms with E-state index in [1.54, 1.807) is 22.7 Å². The molecule has 4 aromatic carbocycles. The van der Waals surface area contributed by atoms with E-state index in [1.807, 2.05) is 0 Å². The summed E-state index contributed by atoms with van der Waals surface area (Å²) in [6, 6.07) is 39.4. The number of hydrogen-bond acceptors (Lipinski definition) is 5. The Kier molecular flexibility index (Phi) is 16.5. The summed E-state index contributed by atoms with van der Waals surface area (Å²) in [5, 5.41) is 9.33. The first-order valence-corrected chi connectivity index (χ1v) is 24.3. The standard InChI is InChI=1S/C57H60N2OS2/c1-4-7-9-11-37-59(38-12-10-8-5-2)51-25-15-45(16-26-51)18-28-53-32-34-55(62-53)30-20-47-22-36-57-49(42-47)43-48-41-46(21-35-56(48)57)19-29-54-33-31-52(61-54)27-17-44-13-23-50(24-14-44)58(6-3)39-40-60/h13-18,21-28,31-36,41-42,60H,4-12,37-40,43H2,1-3H3/b27-17+,28-18+. The van der Waals surface area contributed by atoms with Gasteiger partial charge in [-0.1, -0.05) is 125 Å². The number of thiophene rings is 2. The molecule has 0 radical (unpaired) electrons.